The maximum Gasteiger partial charge on any atom is 0.244 e. The zero-order valence-corrected chi connectivity index (χ0v) is 17.1. The van der Waals surface area contributed by atoms with Crippen LogP contribution in [0.1, 0.15) is 0 Å². The van der Waals surface area contributed by atoms with Crippen molar-refractivity contribution >= 4 is 57.4 Å². The third kappa shape index (κ3) is 3.38. The molecule has 3 aromatic carbocycles. The van der Waals surface area contributed by atoms with Gasteiger partial charge < -0.3 is 9.73 Å². The van der Waals surface area contributed by atoms with Crippen LogP contribution in [0.25, 0.3) is 33.3 Å². The zero-order valence-electron chi connectivity index (χ0n) is 15.6. The highest BCUT2D eigenvalue weighted by Crippen LogP contribution is 2.30. The maximum absolute atomic E-state index is 12.7. The molecular formula is C22H15ClN4O2S. The first-order valence-electron chi connectivity index (χ1n) is 9.21. The van der Waals surface area contributed by atoms with Crippen molar-refractivity contribution in [2.45, 2.75) is 6.54 Å². The van der Waals surface area contributed by atoms with Gasteiger partial charge in [-0.15, -0.1) is 0 Å². The number of para-hydroxylation sites is 1. The highest BCUT2D eigenvalue weighted by Gasteiger charge is 2.14. The second-order valence-corrected chi connectivity index (χ2v) is 7.63. The van der Waals surface area contributed by atoms with E-state index in [1.807, 2.05) is 54.6 Å². The molecule has 0 fully saturated rings. The summed E-state index contributed by atoms with van der Waals surface area (Å²) in [6, 6.07) is 20.7. The van der Waals surface area contributed by atoms with Crippen LogP contribution in [0, 0.1) is 4.77 Å². The van der Waals surface area contributed by atoms with Crippen LogP contribution >= 0.6 is 23.8 Å². The van der Waals surface area contributed by atoms with Crippen molar-refractivity contribution in [2.75, 3.05) is 5.32 Å². The Kier molecular flexibility index (Phi) is 4.61. The molecule has 0 unspecified atom stereocenters. The molecule has 0 radical (unpaired) electrons. The Balaban J connectivity index is 1.40. The molecule has 2 N–H and O–H groups in total. The lowest BCUT2D eigenvalue weighted by molar-refractivity contribution is -0.116. The zero-order chi connectivity index (χ0) is 20.7. The van der Waals surface area contributed by atoms with E-state index in [0.29, 0.717) is 21.3 Å². The lowest BCUT2D eigenvalue weighted by atomic mass is 10.1. The van der Waals surface area contributed by atoms with Gasteiger partial charge in [-0.05, 0) is 54.7 Å². The number of carbonyl (C=O) groups is 1. The Morgan fingerprint density at radius 3 is 2.67 bits per heavy atom. The van der Waals surface area contributed by atoms with Crippen molar-refractivity contribution in [3.05, 3.63) is 76.5 Å². The van der Waals surface area contributed by atoms with E-state index in [-0.39, 0.29) is 12.5 Å². The number of hydrogen-bond acceptors (Lipinski definition) is 4. The van der Waals surface area contributed by atoms with E-state index < -0.39 is 0 Å². The molecule has 5 rings (SSSR count). The van der Waals surface area contributed by atoms with Gasteiger partial charge in [0.2, 0.25) is 5.91 Å². The molecule has 6 nitrogen and oxygen atoms in total. The second-order valence-electron chi connectivity index (χ2n) is 6.80. The van der Waals surface area contributed by atoms with E-state index in [2.05, 4.69) is 15.5 Å². The number of H-pyrrole nitrogens is 1. The summed E-state index contributed by atoms with van der Waals surface area (Å²) in [7, 11) is 0. The molecule has 0 aliphatic rings. The molecule has 0 aliphatic heterocycles. The van der Waals surface area contributed by atoms with Gasteiger partial charge in [0.15, 0.2) is 10.6 Å². The molecule has 0 saturated heterocycles. The van der Waals surface area contributed by atoms with Crippen LogP contribution in [0.5, 0.6) is 0 Å². The van der Waals surface area contributed by atoms with Crippen molar-refractivity contribution in [1.29, 1.82) is 0 Å². The van der Waals surface area contributed by atoms with Gasteiger partial charge in [-0.3, -0.25) is 14.5 Å². The summed E-state index contributed by atoms with van der Waals surface area (Å²) in [4.78, 5) is 12.7. The summed E-state index contributed by atoms with van der Waals surface area (Å²) in [5.74, 6) is 0.345. The number of nitrogens with one attached hydrogen (secondary N) is 2. The molecule has 0 spiro atoms. The Hall–Kier alpha value is -3.42. The van der Waals surface area contributed by atoms with Gasteiger partial charge in [0.1, 0.15) is 17.7 Å². The van der Waals surface area contributed by atoms with E-state index in [1.165, 1.54) is 0 Å². The van der Waals surface area contributed by atoms with Gasteiger partial charge in [-0.25, -0.2) is 0 Å². The molecule has 148 valence electrons. The number of aromatic amines is 1. The highest BCUT2D eigenvalue weighted by molar-refractivity contribution is 7.71. The largest absolute Gasteiger partial charge is 0.456 e. The van der Waals surface area contributed by atoms with Crippen LogP contribution in [0.2, 0.25) is 5.02 Å². The number of hydrogen-bond donors (Lipinski definition) is 2. The molecule has 8 heteroatoms. The third-order valence-electron chi connectivity index (χ3n) is 4.82. The first-order chi connectivity index (χ1) is 14.6. The van der Waals surface area contributed by atoms with E-state index in [0.717, 1.165) is 27.5 Å². The number of rotatable bonds is 4. The summed E-state index contributed by atoms with van der Waals surface area (Å²) in [5, 5.41) is 12.6. The second kappa shape index (κ2) is 7.44. The quantitative estimate of drug-likeness (QED) is 0.350. The molecule has 0 bridgehead atoms. The summed E-state index contributed by atoms with van der Waals surface area (Å²) in [5.41, 5.74) is 2.99. The van der Waals surface area contributed by atoms with Gasteiger partial charge in [-0.2, -0.15) is 5.10 Å². The Morgan fingerprint density at radius 2 is 1.83 bits per heavy atom. The minimum atomic E-state index is -0.224. The fraction of sp³-hybridized carbons (Fsp3) is 0.0455. The Labute approximate surface area is 181 Å². The number of aromatic nitrogens is 3. The number of anilines is 1. The lowest BCUT2D eigenvalue weighted by Crippen LogP contribution is -2.19. The maximum atomic E-state index is 12.7. The van der Waals surface area contributed by atoms with Gasteiger partial charge in [0, 0.05) is 33.1 Å². The van der Waals surface area contributed by atoms with E-state index >= 15 is 0 Å². The average Bonchev–Trinajstić information content (AvgIpc) is 3.29. The van der Waals surface area contributed by atoms with E-state index in [4.69, 9.17) is 28.2 Å². The molecule has 0 aliphatic carbocycles. The molecule has 0 saturated carbocycles. The van der Waals surface area contributed by atoms with Crippen LogP contribution in [0.15, 0.2) is 71.1 Å². The molecule has 2 heterocycles. The number of nitrogens with zero attached hydrogens (tertiary/aromatic N) is 2. The molecule has 2 aromatic heterocycles. The number of amides is 1. The first kappa shape index (κ1) is 18.6. The van der Waals surface area contributed by atoms with Crippen LogP contribution in [0.4, 0.5) is 5.69 Å². The number of halogens is 1. The molecule has 30 heavy (non-hydrogen) atoms. The number of carbonyl (C=O) groups excluding carboxylic acids is 1. The minimum absolute atomic E-state index is 0.0193. The summed E-state index contributed by atoms with van der Waals surface area (Å²) in [6.45, 7) is 0.0193. The topological polar surface area (TPSA) is 75.8 Å². The molecule has 1 amide bonds. The van der Waals surface area contributed by atoms with E-state index in [9.17, 15) is 4.79 Å². The SMILES string of the molecule is O=C(Cn1c(-c2ccc(Cl)cc2)n[nH]c1=S)Nc1ccc2c(c1)oc1ccccc12. The molecule has 0 atom stereocenters. The average molecular weight is 435 g/mol. The van der Waals surface area contributed by atoms with E-state index in [1.54, 1.807) is 16.7 Å². The van der Waals surface area contributed by atoms with Gasteiger partial charge >= 0.3 is 0 Å². The van der Waals surface area contributed by atoms with Crippen molar-refractivity contribution in [1.82, 2.24) is 14.8 Å². The fourth-order valence-electron chi connectivity index (χ4n) is 3.43. The lowest BCUT2D eigenvalue weighted by Gasteiger charge is -2.08. The van der Waals surface area contributed by atoms with Crippen molar-refractivity contribution in [3.8, 4) is 11.4 Å². The van der Waals surface area contributed by atoms with Crippen LogP contribution in [0.3, 0.4) is 0 Å². The third-order valence-corrected chi connectivity index (χ3v) is 5.39. The Morgan fingerprint density at radius 1 is 1.07 bits per heavy atom. The summed E-state index contributed by atoms with van der Waals surface area (Å²) >= 11 is 11.3. The summed E-state index contributed by atoms with van der Waals surface area (Å²) in [6.07, 6.45) is 0. The predicted octanol–water partition coefficient (Wildman–Crippen LogP) is 5.80. The first-order valence-corrected chi connectivity index (χ1v) is 9.99. The smallest absolute Gasteiger partial charge is 0.244 e. The van der Waals surface area contributed by atoms with Crippen molar-refractivity contribution < 1.29 is 9.21 Å². The fourth-order valence-corrected chi connectivity index (χ4v) is 3.75. The molecule has 5 aromatic rings. The Bertz CT molecular complexity index is 1450. The van der Waals surface area contributed by atoms with Crippen LogP contribution in [-0.4, -0.2) is 20.7 Å². The standard InChI is InChI=1S/C22H15ClN4O2S/c23-14-7-5-13(6-8-14)21-25-26-22(30)27(21)12-20(28)24-15-9-10-17-16-3-1-2-4-18(16)29-19(17)11-15/h1-11H,12H2,(H,24,28)(H,26,30). The van der Waals surface area contributed by atoms with Crippen molar-refractivity contribution in [3.63, 3.8) is 0 Å². The predicted molar refractivity (Wildman–Crippen MR) is 120 cm³/mol. The number of furan rings is 1. The number of fused-ring (bicyclic) bond motifs is 3. The highest BCUT2D eigenvalue weighted by atomic mass is 35.5. The van der Waals surface area contributed by atoms with Gasteiger partial charge in [0.25, 0.3) is 0 Å². The van der Waals surface area contributed by atoms with Crippen LogP contribution in [-0.2, 0) is 11.3 Å². The molecular weight excluding hydrogens is 420 g/mol. The van der Waals surface area contributed by atoms with Crippen LogP contribution < -0.4 is 5.32 Å². The number of benzene rings is 3. The normalized spacial score (nSPS) is 11.2. The summed E-state index contributed by atoms with van der Waals surface area (Å²) < 4.78 is 7.90. The van der Waals surface area contributed by atoms with Gasteiger partial charge in [-0.1, -0.05) is 29.8 Å². The van der Waals surface area contributed by atoms with Crippen molar-refractivity contribution in [2.24, 2.45) is 0 Å². The van der Waals surface area contributed by atoms with Gasteiger partial charge in [0.05, 0.1) is 0 Å². The monoisotopic (exact) mass is 434 g/mol. The minimum Gasteiger partial charge on any atom is -0.456 e.